The van der Waals surface area contributed by atoms with Crippen molar-refractivity contribution in [1.29, 1.82) is 0 Å². The molecule has 6 rings (SSSR count). The first-order valence-corrected chi connectivity index (χ1v) is 13.2. The molecule has 0 spiro atoms. The summed E-state index contributed by atoms with van der Waals surface area (Å²) in [7, 11) is 1.64. The van der Waals surface area contributed by atoms with Crippen LogP contribution in [0.4, 0.5) is 13.2 Å². The second-order valence-electron chi connectivity index (χ2n) is 12.5. The van der Waals surface area contributed by atoms with Crippen molar-refractivity contribution in [3.05, 3.63) is 42.0 Å². The number of carbonyl (C=O) groups excluding carboxylic acids is 2. The molecule has 2 saturated heterocycles. The predicted octanol–water partition coefficient (Wildman–Crippen LogP) is 4.93. The molecule has 3 bridgehead atoms. The summed E-state index contributed by atoms with van der Waals surface area (Å²) in [5.74, 6) is -0.425. The number of ether oxygens (including phenoxy) is 2. The van der Waals surface area contributed by atoms with E-state index in [2.05, 4.69) is 23.1 Å². The summed E-state index contributed by atoms with van der Waals surface area (Å²) in [6.45, 7) is 6.25. The van der Waals surface area contributed by atoms with E-state index in [0.717, 1.165) is 28.5 Å². The summed E-state index contributed by atoms with van der Waals surface area (Å²) >= 11 is 0. The Bertz CT molecular complexity index is 1300. The third-order valence-corrected chi connectivity index (χ3v) is 8.98. The number of nitrogens with zero attached hydrogens (tertiary/aromatic N) is 2. The quantitative estimate of drug-likeness (QED) is 0.405. The van der Waals surface area contributed by atoms with Gasteiger partial charge in [-0.05, 0) is 74.1 Å². The van der Waals surface area contributed by atoms with Crippen LogP contribution in [0.2, 0.25) is 0 Å². The number of hydrogen-bond acceptors (Lipinski definition) is 5. The smallest absolute Gasteiger partial charge is 0.397 e. The first-order chi connectivity index (χ1) is 17.8. The Morgan fingerprint density at radius 2 is 1.79 bits per heavy atom. The molecular formula is C29H33F3N2O4. The van der Waals surface area contributed by atoms with Crippen molar-refractivity contribution in [2.45, 2.75) is 76.5 Å². The minimum absolute atomic E-state index is 0.0119. The van der Waals surface area contributed by atoms with Crippen LogP contribution in [0.25, 0.3) is 10.8 Å². The lowest BCUT2D eigenvalue weighted by Crippen LogP contribution is -2.57. The van der Waals surface area contributed by atoms with Gasteiger partial charge in [0.1, 0.15) is 18.3 Å². The van der Waals surface area contributed by atoms with Gasteiger partial charge < -0.3 is 14.4 Å². The van der Waals surface area contributed by atoms with Crippen LogP contribution >= 0.6 is 0 Å². The molecule has 5 unspecified atom stereocenters. The Labute approximate surface area is 220 Å². The largest absolute Gasteiger partial charge is 0.497 e. The van der Waals surface area contributed by atoms with Crippen molar-refractivity contribution in [3.63, 3.8) is 0 Å². The van der Waals surface area contributed by atoms with E-state index in [1.807, 2.05) is 18.2 Å². The van der Waals surface area contributed by atoms with Crippen LogP contribution < -0.4 is 4.74 Å². The molecule has 204 valence electrons. The van der Waals surface area contributed by atoms with Gasteiger partial charge in [0.2, 0.25) is 5.91 Å². The lowest BCUT2D eigenvalue weighted by Gasteiger charge is -2.43. The molecular weight excluding hydrogens is 497 g/mol. The molecule has 4 fully saturated rings. The van der Waals surface area contributed by atoms with Gasteiger partial charge in [-0.25, -0.2) is 0 Å². The summed E-state index contributed by atoms with van der Waals surface area (Å²) in [5.41, 5.74) is -0.0856. The maximum absolute atomic E-state index is 13.2. The number of methoxy groups -OCH3 is 1. The third kappa shape index (κ3) is 3.96. The van der Waals surface area contributed by atoms with Gasteiger partial charge >= 0.3 is 12.1 Å². The van der Waals surface area contributed by atoms with Gasteiger partial charge in [0.25, 0.3) is 0 Å². The van der Waals surface area contributed by atoms with Crippen LogP contribution in [0.5, 0.6) is 5.75 Å². The molecule has 6 nitrogen and oxygen atoms in total. The standard InChI is InChI=1S/C29H33F3N2O4/c1-27(2,3)26(36)38-25-23-21-10-17(14-33(23)22(35)13-29(30,31)32)12-28(25)24(21)34(28)15-16-5-6-19-11-20(37-4)8-7-18(19)9-16/h5-9,11,17,21,23-25H,10,12-15H2,1-4H3/t17?,21-,23?,24?,25-,28?,34?/m1/s1. The number of carbonyl (C=O) groups is 2. The zero-order valence-electron chi connectivity index (χ0n) is 22.0. The van der Waals surface area contributed by atoms with E-state index < -0.39 is 41.6 Å². The number of halogens is 3. The Morgan fingerprint density at radius 3 is 2.47 bits per heavy atom. The van der Waals surface area contributed by atoms with Crippen molar-refractivity contribution in [2.24, 2.45) is 17.3 Å². The van der Waals surface area contributed by atoms with Gasteiger partial charge in [-0.3, -0.25) is 14.5 Å². The lowest BCUT2D eigenvalue weighted by atomic mass is 9.78. The average molecular weight is 531 g/mol. The second kappa shape index (κ2) is 8.34. The number of alkyl halides is 3. The Morgan fingerprint density at radius 1 is 1.08 bits per heavy atom. The molecule has 7 atom stereocenters. The molecule has 2 saturated carbocycles. The number of hydrogen-bond donors (Lipinski definition) is 0. The zero-order valence-corrected chi connectivity index (χ0v) is 22.0. The number of fused-ring (bicyclic) bond motifs is 2. The molecule has 38 heavy (non-hydrogen) atoms. The van der Waals surface area contributed by atoms with Crippen LogP contribution in [0.1, 0.15) is 45.6 Å². The highest BCUT2D eigenvalue weighted by Gasteiger charge is 2.82. The van der Waals surface area contributed by atoms with Crippen molar-refractivity contribution in [1.82, 2.24) is 9.80 Å². The zero-order chi connectivity index (χ0) is 27.2. The van der Waals surface area contributed by atoms with E-state index >= 15 is 0 Å². The highest BCUT2D eigenvalue weighted by Crippen LogP contribution is 2.68. The minimum Gasteiger partial charge on any atom is -0.497 e. The number of amides is 1. The molecule has 4 aliphatic rings. The molecule has 2 aliphatic carbocycles. The Balaban J connectivity index is 1.31. The fourth-order valence-corrected chi connectivity index (χ4v) is 7.51. The van der Waals surface area contributed by atoms with Crippen LogP contribution in [0.15, 0.2) is 36.4 Å². The number of likely N-dealkylation sites (tertiary alicyclic amines) is 2. The average Bonchev–Trinajstić information content (AvgIpc) is 3.45. The van der Waals surface area contributed by atoms with Crippen LogP contribution in [-0.2, 0) is 20.9 Å². The molecule has 2 aliphatic heterocycles. The van der Waals surface area contributed by atoms with E-state index in [9.17, 15) is 22.8 Å². The summed E-state index contributed by atoms with van der Waals surface area (Å²) in [5, 5.41) is 2.17. The molecule has 0 N–H and O–H groups in total. The first kappa shape index (κ1) is 25.5. The van der Waals surface area contributed by atoms with Crippen LogP contribution in [0.3, 0.4) is 0 Å². The summed E-state index contributed by atoms with van der Waals surface area (Å²) in [6.07, 6.45) is -5.14. The molecule has 2 aromatic carbocycles. The van der Waals surface area contributed by atoms with Gasteiger partial charge in [0.15, 0.2) is 0 Å². The maximum atomic E-state index is 13.2. The van der Waals surface area contributed by atoms with E-state index in [0.29, 0.717) is 19.5 Å². The molecule has 2 heterocycles. The van der Waals surface area contributed by atoms with Crippen molar-refractivity contribution < 1.29 is 32.2 Å². The molecule has 0 aromatic heterocycles. The molecule has 9 heteroatoms. The third-order valence-electron chi connectivity index (χ3n) is 8.98. The minimum atomic E-state index is -4.57. The summed E-state index contributed by atoms with van der Waals surface area (Å²) in [6, 6.07) is 11.8. The van der Waals surface area contributed by atoms with Crippen LogP contribution in [-0.4, -0.2) is 65.2 Å². The van der Waals surface area contributed by atoms with Crippen LogP contribution in [0, 0.1) is 17.3 Å². The van der Waals surface area contributed by atoms with Crippen molar-refractivity contribution in [3.8, 4) is 5.75 Å². The van der Waals surface area contributed by atoms with Gasteiger partial charge in [-0.2, -0.15) is 13.2 Å². The number of rotatable bonds is 5. The molecule has 2 aromatic rings. The fourth-order valence-electron chi connectivity index (χ4n) is 7.51. The lowest BCUT2D eigenvalue weighted by molar-refractivity contribution is -0.175. The number of piperidine rings is 2. The van der Waals surface area contributed by atoms with Crippen molar-refractivity contribution in [2.75, 3.05) is 13.7 Å². The molecule has 0 radical (unpaired) electrons. The first-order valence-electron chi connectivity index (χ1n) is 13.2. The fraction of sp³-hybridized carbons (Fsp3) is 0.586. The summed E-state index contributed by atoms with van der Waals surface area (Å²) < 4.78 is 51.0. The van der Waals surface area contributed by atoms with E-state index in [4.69, 9.17) is 9.47 Å². The predicted molar refractivity (Wildman–Crippen MR) is 134 cm³/mol. The highest BCUT2D eigenvalue weighted by atomic mass is 19.4. The highest BCUT2D eigenvalue weighted by molar-refractivity contribution is 5.84. The second-order valence-corrected chi connectivity index (χ2v) is 12.5. The van der Waals surface area contributed by atoms with E-state index in [1.165, 1.54) is 4.90 Å². The topological polar surface area (TPSA) is 58.9 Å². The Kier molecular flexibility index (Phi) is 5.59. The SMILES string of the molecule is COc1ccc2cc(CN3C4[C@@H]5CC6CN(C(=O)CC(F)(F)F)C5[C@@H](OC(=O)C(C)(C)C)C43C6)ccc2c1. The number of esters is 1. The van der Waals surface area contributed by atoms with Gasteiger partial charge in [0.05, 0.1) is 24.1 Å². The molecule has 1 amide bonds. The van der Waals surface area contributed by atoms with Crippen molar-refractivity contribution >= 4 is 22.6 Å². The summed E-state index contributed by atoms with van der Waals surface area (Å²) in [4.78, 5) is 29.7. The van der Waals surface area contributed by atoms with E-state index in [1.54, 1.807) is 27.9 Å². The number of benzene rings is 2. The Hall–Kier alpha value is -2.81. The van der Waals surface area contributed by atoms with Gasteiger partial charge in [-0.1, -0.05) is 18.2 Å². The van der Waals surface area contributed by atoms with Gasteiger partial charge in [-0.15, -0.1) is 0 Å². The maximum Gasteiger partial charge on any atom is 0.397 e. The van der Waals surface area contributed by atoms with E-state index in [-0.39, 0.29) is 23.8 Å². The monoisotopic (exact) mass is 530 g/mol. The normalized spacial score (nSPS) is 33.3. The van der Waals surface area contributed by atoms with Gasteiger partial charge in [0, 0.05) is 25.0 Å².